The van der Waals surface area contributed by atoms with Gasteiger partial charge in [-0.1, -0.05) is 19.1 Å². The van der Waals surface area contributed by atoms with Gasteiger partial charge in [-0.2, -0.15) is 0 Å². The van der Waals surface area contributed by atoms with Crippen molar-refractivity contribution in [3.8, 4) is 11.5 Å². The highest BCUT2D eigenvalue weighted by Gasteiger charge is 2.22. The van der Waals surface area contributed by atoms with Crippen LogP contribution in [0.3, 0.4) is 0 Å². The minimum absolute atomic E-state index is 0.282. The number of carbonyl (C=O) groups excluding carboxylic acids is 1. The van der Waals surface area contributed by atoms with E-state index in [1.807, 2.05) is 26.0 Å². The fourth-order valence-corrected chi connectivity index (χ4v) is 3.15. The number of fused-ring (bicyclic) bond motifs is 1. The largest absolute Gasteiger partial charge is 0.456 e. The molecule has 148 valence electrons. The predicted octanol–water partition coefficient (Wildman–Crippen LogP) is 2.84. The van der Waals surface area contributed by atoms with Crippen LogP contribution in [0.5, 0.6) is 11.5 Å². The number of aryl methyl sites for hydroxylation is 3. The number of benzene rings is 2. The fourth-order valence-electron chi connectivity index (χ4n) is 3.15. The van der Waals surface area contributed by atoms with Gasteiger partial charge in [-0.05, 0) is 49.1 Å². The van der Waals surface area contributed by atoms with Crippen molar-refractivity contribution >= 4 is 24.7 Å². The molecule has 0 aliphatic rings. The van der Waals surface area contributed by atoms with E-state index < -0.39 is 23.1 Å². The van der Waals surface area contributed by atoms with Gasteiger partial charge in [-0.15, -0.1) is 0 Å². The van der Waals surface area contributed by atoms with Crippen LogP contribution < -0.4 is 10.1 Å². The smallest absolute Gasteiger partial charge is 0.257 e. The minimum Gasteiger partial charge on any atom is -0.456 e. The highest BCUT2D eigenvalue weighted by molar-refractivity contribution is 6.15. The molecule has 3 rings (SSSR count). The molecular weight excluding hydrogens is 374 g/mol. The third-order valence-corrected chi connectivity index (χ3v) is 4.47. The minimum atomic E-state index is -2.97. The van der Waals surface area contributed by atoms with Crippen LogP contribution in [0.4, 0.5) is 4.39 Å². The first-order valence-electron chi connectivity index (χ1n) is 9.01. The standard InChI is InChI=1S/C21H20BFN2O4/c1-4-13-7-11(2)19(12(3)8-13)29-18-5-6-24-17-10-16(23)14(9-15(17)18)20(26)25-21(22,27)28/h5-10,27-28H,4H2,1-3H3,(H,25,26). The van der Waals surface area contributed by atoms with E-state index in [1.54, 1.807) is 11.4 Å². The van der Waals surface area contributed by atoms with E-state index in [-0.39, 0.29) is 5.52 Å². The zero-order valence-corrected chi connectivity index (χ0v) is 16.3. The van der Waals surface area contributed by atoms with Crippen molar-refractivity contribution in [2.24, 2.45) is 0 Å². The summed E-state index contributed by atoms with van der Waals surface area (Å²) in [5.74, 6) is -3.90. The average Bonchev–Trinajstić information content (AvgIpc) is 2.62. The van der Waals surface area contributed by atoms with E-state index in [4.69, 9.17) is 22.8 Å². The molecule has 1 aromatic heterocycles. The molecule has 0 spiro atoms. The number of hydrogen-bond donors (Lipinski definition) is 3. The second kappa shape index (κ2) is 7.81. The van der Waals surface area contributed by atoms with Crippen molar-refractivity contribution < 1.29 is 24.1 Å². The summed E-state index contributed by atoms with van der Waals surface area (Å²) in [5, 5.41) is 20.4. The predicted molar refractivity (Wildman–Crippen MR) is 107 cm³/mol. The highest BCUT2D eigenvalue weighted by atomic mass is 19.1. The molecule has 6 nitrogen and oxygen atoms in total. The van der Waals surface area contributed by atoms with E-state index in [0.717, 1.165) is 23.6 Å². The Morgan fingerprint density at radius 3 is 2.48 bits per heavy atom. The maximum Gasteiger partial charge on any atom is 0.257 e. The Kier molecular flexibility index (Phi) is 5.59. The van der Waals surface area contributed by atoms with Crippen molar-refractivity contribution in [3.63, 3.8) is 0 Å². The van der Waals surface area contributed by atoms with E-state index >= 15 is 0 Å². The van der Waals surface area contributed by atoms with Crippen LogP contribution in [0, 0.1) is 19.7 Å². The van der Waals surface area contributed by atoms with Crippen LogP contribution in [-0.2, 0) is 6.42 Å². The second-order valence-corrected chi connectivity index (χ2v) is 6.85. The normalized spacial score (nSPS) is 11.5. The number of aliphatic hydroxyl groups is 2. The number of halogens is 1. The number of nitrogens with zero attached hydrogens (tertiary/aromatic N) is 1. The van der Waals surface area contributed by atoms with Gasteiger partial charge < -0.3 is 20.3 Å². The van der Waals surface area contributed by atoms with Crippen molar-refractivity contribution in [2.45, 2.75) is 33.0 Å². The molecule has 1 amide bonds. The number of aromatic nitrogens is 1. The van der Waals surface area contributed by atoms with Crippen molar-refractivity contribution in [1.82, 2.24) is 10.3 Å². The van der Waals surface area contributed by atoms with E-state index in [9.17, 15) is 9.18 Å². The van der Waals surface area contributed by atoms with Crippen LogP contribution in [0.15, 0.2) is 36.5 Å². The molecule has 2 aromatic carbocycles. The number of amides is 1. The number of carbonyl (C=O) groups is 1. The Morgan fingerprint density at radius 2 is 1.90 bits per heavy atom. The molecule has 8 heteroatoms. The van der Waals surface area contributed by atoms with Gasteiger partial charge in [0.05, 0.1) is 11.1 Å². The van der Waals surface area contributed by atoms with Gasteiger partial charge in [-0.3, -0.25) is 9.78 Å². The SMILES string of the molecule is [B]C(O)(O)NC(=O)c1cc2c(Oc3c(C)cc(CC)cc3C)ccnc2cc1F. The van der Waals surface area contributed by atoms with Crippen LogP contribution in [0.1, 0.15) is 34.0 Å². The molecular formula is C21H20BFN2O4. The number of hydrogen-bond acceptors (Lipinski definition) is 5. The lowest BCUT2D eigenvalue weighted by atomic mass is 10.0. The fraction of sp³-hybridized carbons (Fsp3) is 0.238. The number of rotatable bonds is 5. The molecule has 0 aliphatic heterocycles. The summed E-state index contributed by atoms with van der Waals surface area (Å²) >= 11 is 0. The first-order chi connectivity index (χ1) is 13.6. The van der Waals surface area contributed by atoms with E-state index in [0.29, 0.717) is 16.9 Å². The van der Waals surface area contributed by atoms with Crippen molar-refractivity contribution in [3.05, 3.63) is 64.6 Å². The van der Waals surface area contributed by atoms with Gasteiger partial charge >= 0.3 is 0 Å². The molecule has 0 aliphatic carbocycles. The third-order valence-electron chi connectivity index (χ3n) is 4.47. The molecule has 29 heavy (non-hydrogen) atoms. The zero-order valence-electron chi connectivity index (χ0n) is 16.3. The monoisotopic (exact) mass is 394 g/mol. The lowest BCUT2D eigenvalue weighted by Crippen LogP contribution is -2.49. The molecule has 0 unspecified atom stereocenters. The summed E-state index contributed by atoms with van der Waals surface area (Å²) in [6.45, 7) is 5.94. The molecule has 0 fully saturated rings. The van der Waals surface area contributed by atoms with Gasteiger partial charge in [-0.25, -0.2) is 4.39 Å². The van der Waals surface area contributed by atoms with Gasteiger partial charge in [0.25, 0.3) is 5.91 Å². The van der Waals surface area contributed by atoms with Crippen molar-refractivity contribution in [1.29, 1.82) is 0 Å². The van der Waals surface area contributed by atoms with Crippen LogP contribution in [0.2, 0.25) is 0 Å². The van der Waals surface area contributed by atoms with Crippen molar-refractivity contribution in [2.75, 3.05) is 0 Å². The molecule has 0 bridgehead atoms. The average molecular weight is 394 g/mol. The Balaban J connectivity index is 2.08. The summed E-state index contributed by atoms with van der Waals surface area (Å²) < 4.78 is 20.5. The Labute approximate surface area is 168 Å². The third kappa shape index (κ3) is 4.55. The number of pyridine rings is 1. The molecule has 1 heterocycles. The molecule has 3 aromatic rings. The Hall–Kier alpha value is -2.97. The number of nitrogens with one attached hydrogen (secondary N) is 1. The first kappa shape index (κ1) is 20.8. The summed E-state index contributed by atoms with van der Waals surface area (Å²) in [6.07, 6.45) is 2.38. The molecule has 3 N–H and O–H groups in total. The molecule has 0 saturated heterocycles. The van der Waals surface area contributed by atoms with Gasteiger partial charge in [0.1, 0.15) is 17.3 Å². The Morgan fingerprint density at radius 1 is 1.24 bits per heavy atom. The van der Waals surface area contributed by atoms with Crippen LogP contribution in [-0.4, -0.2) is 34.8 Å². The first-order valence-corrected chi connectivity index (χ1v) is 9.01. The van der Waals surface area contributed by atoms with Crippen LogP contribution >= 0.6 is 0 Å². The quantitative estimate of drug-likeness (QED) is 0.457. The lowest BCUT2D eigenvalue weighted by Gasteiger charge is -2.19. The highest BCUT2D eigenvalue weighted by Crippen LogP contribution is 2.34. The second-order valence-electron chi connectivity index (χ2n) is 6.85. The molecule has 2 radical (unpaired) electrons. The number of ether oxygens (including phenoxy) is 1. The molecule has 0 saturated carbocycles. The zero-order chi connectivity index (χ0) is 21.3. The molecule has 0 atom stereocenters. The van der Waals surface area contributed by atoms with Crippen LogP contribution in [0.25, 0.3) is 10.9 Å². The van der Waals surface area contributed by atoms with Gasteiger partial charge in [0.15, 0.2) is 13.7 Å². The van der Waals surface area contributed by atoms with E-state index in [1.165, 1.54) is 17.8 Å². The summed E-state index contributed by atoms with van der Waals surface area (Å²) in [7, 11) is 4.95. The topological polar surface area (TPSA) is 91.7 Å². The van der Waals surface area contributed by atoms with Gasteiger partial charge in [0.2, 0.25) is 0 Å². The maximum atomic E-state index is 14.4. The van der Waals surface area contributed by atoms with Gasteiger partial charge in [0, 0.05) is 17.6 Å². The lowest BCUT2D eigenvalue weighted by molar-refractivity contribution is -0.102. The summed E-state index contributed by atoms with van der Waals surface area (Å²) in [4.78, 5) is 16.3. The van der Waals surface area contributed by atoms with E-state index in [2.05, 4.69) is 11.9 Å². The Bertz CT molecular complexity index is 1070. The summed E-state index contributed by atoms with van der Waals surface area (Å²) in [6, 6.07) is 7.99. The maximum absolute atomic E-state index is 14.4. The summed E-state index contributed by atoms with van der Waals surface area (Å²) in [5.41, 5.74) is 2.93.